The third-order valence-electron chi connectivity index (χ3n) is 2.47. The Bertz CT molecular complexity index is 564. The Morgan fingerprint density at radius 1 is 1.00 bits per heavy atom. The first-order chi connectivity index (χ1) is 9.19. The maximum atomic E-state index is 10.9. The molecular formula is C15H15NO3. The van der Waals surface area contributed by atoms with E-state index < -0.39 is 0 Å². The van der Waals surface area contributed by atoms with Crippen molar-refractivity contribution in [1.82, 2.24) is 0 Å². The smallest absolute Gasteiger partial charge is 0.221 e. The average molecular weight is 257 g/mol. The van der Waals surface area contributed by atoms with Gasteiger partial charge in [0, 0.05) is 12.6 Å². The van der Waals surface area contributed by atoms with Crippen molar-refractivity contribution in [1.29, 1.82) is 0 Å². The van der Waals surface area contributed by atoms with Gasteiger partial charge in [-0.05, 0) is 36.4 Å². The highest BCUT2D eigenvalue weighted by atomic mass is 16.5. The predicted molar refractivity (Wildman–Crippen MR) is 73.8 cm³/mol. The van der Waals surface area contributed by atoms with Crippen LogP contribution in [0.2, 0.25) is 0 Å². The minimum Gasteiger partial charge on any atom is -0.493 e. The van der Waals surface area contributed by atoms with Gasteiger partial charge in [-0.1, -0.05) is 12.1 Å². The zero-order valence-electron chi connectivity index (χ0n) is 10.8. The minimum atomic E-state index is -0.0987. The van der Waals surface area contributed by atoms with E-state index in [0.717, 1.165) is 5.69 Å². The summed E-state index contributed by atoms with van der Waals surface area (Å²) in [6.07, 6.45) is 0. The summed E-state index contributed by atoms with van der Waals surface area (Å²) in [5.74, 6) is 1.91. The number of carbonyl (C=O) groups excluding carboxylic acids is 1. The van der Waals surface area contributed by atoms with Crippen molar-refractivity contribution in [2.45, 2.75) is 6.92 Å². The molecule has 0 atom stereocenters. The van der Waals surface area contributed by atoms with Gasteiger partial charge in [0.05, 0.1) is 7.11 Å². The average Bonchev–Trinajstić information content (AvgIpc) is 2.41. The lowest BCUT2D eigenvalue weighted by atomic mass is 10.3. The van der Waals surface area contributed by atoms with Crippen LogP contribution in [0.4, 0.5) is 5.69 Å². The van der Waals surface area contributed by atoms with Gasteiger partial charge >= 0.3 is 0 Å². The molecule has 2 aromatic carbocycles. The molecule has 0 aliphatic heterocycles. The molecule has 0 bridgehead atoms. The number of rotatable bonds is 4. The first kappa shape index (κ1) is 13.0. The number of anilines is 1. The number of nitrogens with one attached hydrogen (secondary N) is 1. The van der Waals surface area contributed by atoms with Gasteiger partial charge in [-0.3, -0.25) is 4.79 Å². The number of ether oxygens (including phenoxy) is 2. The van der Waals surface area contributed by atoms with E-state index in [1.807, 2.05) is 24.3 Å². The second-order valence-corrected chi connectivity index (χ2v) is 3.96. The molecule has 0 aliphatic carbocycles. The fourth-order valence-electron chi connectivity index (χ4n) is 1.64. The molecule has 1 N–H and O–H groups in total. The largest absolute Gasteiger partial charge is 0.493 e. The van der Waals surface area contributed by atoms with E-state index in [0.29, 0.717) is 17.2 Å². The second kappa shape index (κ2) is 5.91. The van der Waals surface area contributed by atoms with Crippen LogP contribution in [0.1, 0.15) is 6.92 Å². The molecule has 98 valence electrons. The number of hydrogen-bond acceptors (Lipinski definition) is 3. The van der Waals surface area contributed by atoms with Gasteiger partial charge in [-0.2, -0.15) is 0 Å². The summed E-state index contributed by atoms with van der Waals surface area (Å²) in [5.41, 5.74) is 0.736. The fraction of sp³-hybridized carbons (Fsp3) is 0.133. The first-order valence-electron chi connectivity index (χ1n) is 5.87. The summed E-state index contributed by atoms with van der Waals surface area (Å²) in [7, 11) is 1.60. The number of para-hydroxylation sites is 2. The van der Waals surface area contributed by atoms with E-state index in [1.165, 1.54) is 6.92 Å². The van der Waals surface area contributed by atoms with Gasteiger partial charge in [0.25, 0.3) is 0 Å². The molecule has 2 aromatic rings. The first-order valence-corrected chi connectivity index (χ1v) is 5.87. The van der Waals surface area contributed by atoms with E-state index >= 15 is 0 Å². The molecule has 0 radical (unpaired) electrons. The molecule has 4 heteroatoms. The molecule has 0 unspecified atom stereocenters. The Kier molecular flexibility index (Phi) is 4.03. The monoisotopic (exact) mass is 257 g/mol. The van der Waals surface area contributed by atoms with Gasteiger partial charge in [-0.15, -0.1) is 0 Å². The zero-order chi connectivity index (χ0) is 13.7. The van der Waals surface area contributed by atoms with Crippen LogP contribution in [0.3, 0.4) is 0 Å². The SMILES string of the molecule is COc1ccccc1Oc1ccc(NC(C)=O)cc1. The lowest BCUT2D eigenvalue weighted by Gasteiger charge is -2.10. The summed E-state index contributed by atoms with van der Waals surface area (Å²) < 4.78 is 10.9. The second-order valence-electron chi connectivity index (χ2n) is 3.96. The molecule has 0 spiro atoms. The van der Waals surface area contributed by atoms with Gasteiger partial charge in [0.1, 0.15) is 5.75 Å². The number of benzene rings is 2. The maximum Gasteiger partial charge on any atom is 0.221 e. The molecule has 0 saturated heterocycles. The van der Waals surface area contributed by atoms with Crippen LogP contribution >= 0.6 is 0 Å². The molecular weight excluding hydrogens is 242 g/mol. The van der Waals surface area contributed by atoms with Crippen molar-refractivity contribution >= 4 is 11.6 Å². The van der Waals surface area contributed by atoms with E-state index in [9.17, 15) is 4.79 Å². The van der Waals surface area contributed by atoms with E-state index in [-0.39, 0.29) is 5.91 Å². The number of carbonyl (C=O) groups is 1. The van der Waals surface area contributed by atoms with Crippen LogP contribution < -0.4 is 14.8 Å². The summed E-state index contributed by atoms with van der Waals surface area (Å²) in [4.78, 5) is 10.9. The van der Waals surface area contributed by atoms with E-state index in [2.05, 4.69) is 5.32 Å². The van der Waals surface area contributed by atoms with Crippen molar-refractivity contribution in [3.63, 3.8) is 0 Å². The molecule has 19 heavy (non-hydrogen) atoms. The van der Waals surface area contributed by atoms with Crippen LogP contribution in [-0.4, -0.2) is 13.0 Å². The topological polar surface area (TPSA) is 47.6 Å². The minimum absolute atomic E-state index is 0.0987. The Hall–Kier alpha value is -2.49. The number of hydrogen-bond donors (Lipinski definition) is 1. The Labute approximate surface area is 112 Å². The maximum absolute atomic E-state index is 10.9. The van der Waals surface area contributed by atoms with Crippen LogP contribution in [-0.2, 0) is 4.79 Å². The standard InChI is InChI=1S/C15H15NO3/c1-11(17)16-12-7-9-13(10-8-12)19-15-6-4-3-5-14(15)18-2/h3-10H,1-2H3,(H,16,17). The third kappa shape index (κ3) is 3.48. The summed E-state index contributed by atoms with van der Waals surface area (Å²) in [6, 6.07) is 14.6. The van der Waals surface area contributed by atoms with Gasteiger partial charge in [0.15, 0.2) is 11.5 Å². The molecule has 2 rings (SSSR count). The van der Waals surface area contributed by atoms with E-state index in [1.54, 1.807) is 31.4 Å². The van der Waals surface area contributed by atoms with Crippen LogP contribution in [0.25, 0.3) is 0 Å². The normalized spacial score (nSPS) is 9.79. The lowest BCUT2D eigenvalue weighted by Crippen LogP contribution is -2.05. The highest BCUT2D eigenvalue weighted by Gasteiger charge is 2.04. The van der Waals surface area contributed by atoms with Crippen LogP contribution in [0.15, 0.2) is 48.5 Å². The summed E-state index contributed by atoms with van der Waals surface area (Å²) in [5, 5.41) is 2.70. The van der Waals surface area contributed by atoms with Crippen molar-refractivity contribution in [2.24, 2.45) is 0 Å². The molecule has 0 heterocycles. The van der Waals surface area contributed by atoms with Crippen molar-refractivity contribution in [3.05, 3.63) is 48.5 Å². The quantitative estimate of drug-likeness (QED) is 0.912. The van der Waals surface area contributed by atoms with E-state index in [4.69, 9.17) is 9.47 Å². The molecule has 0 aromatic heterocycles. The highest BCUT2D eigenvalue weighted by Crippen LogP contribution is 2.31. The molecule has 1 amide bonds. The molecule has 0 saturated carbocycles. The van der Waals surface area contributed by atoms with Gasteiger partial charge < -0.3 is 14.8 Å². The predicted octanol–water partition coefficient (Wildman–Crippen LogP) is 3.45. The lowest BCUT2D eigenvalue weighted by molar-refractivity contribution is -0.114. The highest BCUT2D eigenvalue weighted by molar-refractivity contribution is 5.88. The Balaban J connectivity index is 2.13. The van der Waals surface area contributed by atoms with Gasteiger partial charge in [-0.25, -0.2) is 0 Å². The van der Waals surface area contributed by atoms with Crippen molar-refractivity contribution in [2.75, 3.05) is 12.4 Å². The van der Waals surface area contributed by atoms with Crippen molar-refractivity contribution < 1.29 is 14.3 Å². The number of amides is 1. The molecule has 0 fully saturated rings. The summed E-state index contributed by atoms with van der Waals surface area (Å²) >= 11 is 0. The molecule has 0 aliphatic rings. The van der Waals surface area contributed by atoms with Crippen LogP contribution in [0.5, 0.6) is 17.2 Å². The van der Waals surface area contributed by atoms with Crippen molar-refractivity contribution in [3.8, 4) is 17.2 Å². The Morgan fingerprint density at radius 3 is 2.21 bits per heavy atom. The van der Waals surface area contributed by atoms with Gasteiger partial charge in [0.2, 0.25) is 5.91 Å². The third-order valence-corrected chi connectivity index (χ3v) is 2.47. The molecule has 4 nitrogen and oxygen atoms in total. The zero-order valence-corrected chi connectivity index (χ0v) is 10.8. The fourth-order valence-corrected chi connectivity index (χ4v) is 1.64. The number of methoxy groups -OCH3 is 1. The Morgan fingerprint density at radius 2 is 1.63 bits per heavy atom. The summed E-state index contributed by atoms with van der Waals surface area (Å²) in [6.45, 7) is 1.47. The van der Waals surface area contributed by atoms with Crippen LogP contribution in [0, 0.1) is 0 Å².